The van der Waals surface area contributed by atoms with Crippen LogP contribution in [-0.4, -0.2) is 30.3 Å². The van der Waals surface area contributed by atoms with Gasteiger partial charge in [0.25, 0.3) is 5.78 Å². The Morgan fingerprint density at radius 2 is 1.93 bits per heavy atom. The number of thiazole rings is 1. The summed E-state index contributed by atoms with van der Waals surface area (Å²) in [6.45, 7) is 0. The van der Waals surface area contributed by atoms with Crippen LogP contribution in [0.2, 0.25) is 0 Å². The number of furan rings is 1. The lowest BCUT2D eigenvalue weighted by Crippen LogP contribution is -2.08. The highest BCUT2D eigenvalue weighted by Crippen LogP contribution is 2.37. The molecule has 0 bridgehead atoms. The number of imidazole rings is 1. The normalized spacial score (nSPS) is 11.2. The zero-order chi connectivity index (χ0) is 20.0. The average molecular weight is 402 g/mol. The number of fused-ring (bicyclic) bond motifs is 1. The number of rotatable bonds is 4. The Kier molecular flexibility index (Phi) is 3.95. The maximum Gasteiger partial charge on any atom is 0.263 e. The molecule has 4 heterocycles. The molecule has 0 aliphatic carbocycles. The second-order valence-corrected chi connectivity index (χ2v) is 7.27. The molecule has 0 aliphatic heterocycles. The quantitative estimate of drug-likeness (QED) is 0.457. The summed E-state index contributed by atoms with van der Waals surface area (Å²) in [5.74, 6) is 0.491. The van der Waals surface area contributed by atoms with Gasteiger partial charge >= 0.3 is 0 Å². The molecule has 0 unspecified atom stereocenters. The average Bonchev–Trinajstić information content (AvgIpc) is 3.47. The molecule has 0 aliphatic rings. The lowest BCUT2D eigenvalue weighted by atomic mass is 10.1. The zero-order valence-corrected chi connectivity index (χ0v) is 16.1. The van der Waals surface area contributed by atoms with Gasteiger partial charge in [-0.3, -0.25) is 4.79 Å². The molecule has 0 saturated carbocycles. The predicted octanol–water partition coefficient (Wildman–Crippen LogP) is 3.56. The number of benzene rings is 1. The number of hydrogen-bond donors (Lipinski definition) is 1. The van der Waals surface area contributed by atoms with Gasteiger partial charge in [0.05, 0.1) is 12.0 Å². The zero-order valence-electron chi connectivity index (χ0n) is 15.2. The number of nitrogen functional groups attached to an aromatic ring is 1. The van der Waals surface area contributed by atoms with Crippen LogP contribution in [0.1, 0.15) is 16.4 Å². The lowest BCUT2D eigenvalue weighted by molar-refractivity contribution is 0.0996. The fourth-order valence-corrected chi connectivity index (χ4v) is 4.13. The number of nitrogens with two attached hydrogens (primary N) is 1. The summed E-state index contributed by atoms with van der Waals surface area (Å²) in [6, 6.07) is 12.9. The Morgan fingerprint density at radius 3 is 2.66 bits per heavy atom. The van der Waals surface area contributed by atoms with Crippen LogP contribution in [-0.2, 0) is 7.05 Å². The van der Waals surface area contributed by atoms with Gasteiger partial charge in [-0.2, -0.15) is 0 Å². The first-order valence-corrected chi connectivity index (χ1v) is 9.53. The molecule has 0 spiro atoms. The minimum atomic E-state index is -0.304. The molecule has 0 atom stereocenters. The van der Waals surface area contributed by atoms with Crippen LogP contribution in [0.3, 0.4) is 0 Å². The molecule has 9 heteroatoms. The van der Waals surface area contributed by atoms with Crippen LogP contribution in [0, 0.1) is 0 Å². The maximum absolute atomic E-state index is 12.9. The first-order chi connectivity index (χ1) is 14.1. The van der Waals surface area contributed by atoms with Crippen molar-refractivity contribution in [3.05, 3.63) is 66.6 Å². The third-order valence-corrected chi connectivity index (χ3v) is 5.49. The fourth-order valence-electron chi connectivity index (χ4n) is 3.13. The summed E-state index contributed by atoms with van der Waals surface area (Å²) in [4.78, 5) is 31.2. The second-order valence-electron chi connectivity index (χ2n) is 6.30. The van der Waals surface area contributed by atoms with E-state index in [1.54, 1.807) is 23.7 Å². The van der Waals surface area contributed by atoms with Gasteiger partial charge in [-0.1, -0.05) is 41.7 Å². The molecule has 1 aromatic carbocycles. The van der Waals surface area contributed by atoms with E-state index in [1.165, 1.54) is 23.9 Å². The Morgan fingerprint density at radius 1 is 1.10 bits per heavy atom. The van der Waals surface area contributed by atoms with E-state index in [1.807, 2.05) is 30.3 Å². The highest BCUT2D eigenvalue weighted by molar-refractivity contribution is 7.21. The summed E-state index contributed by atoms with van der Waals surface area (Å²) in [5, 5.41) is 0.652. The van der Waals surface area contributed by atoms with Crippen molar-refractivity contribution in [2.75, 3.05) is 5.73 Å². The van der Waals surface area contributed by atoms with E-state index in [0.29, 0.717) is 32.6 Å². The first kappa shape index (κ1) is 17.3. The summed E-state index contributed by atoms with van der Waals surface area (Å²) >= 11 is 1.37. The highest BCUT2D eigenvalue weighted by Gasteiger charge is 2.26. The number of ketones is 1. The van der Waals surface area contributed by atoms with Gasteiger partial charge in [0.2, 0.25) is 0 Å². The molecule has 29 heavy (non-hydrogen) atoms. The number of carbonyl (C=O) groups excluding carboxylic acids is 1. The van der Waals surface area contributed by atoms with E-state index in [4.69, 9.17) is 10.2 Å². The standard InChI is InChI=1S/C20H14N6O2S/c1-26-15(20-25-14-17(21)22-10-23-19(14)29-20)13(11-6-3-2-4-7-11)24-18(26)16(27)12-8-5-9-28-12/h2-10H,1H3,(H2,21,22,23). The molecular weight excluding hydrogens is 388 g/mol. The molecule has 5 aromatic rings. The van der Waals surface area contributed by atoms with Gasteiger partial charge in [-0.15, -0.1) is 0 Å². The smallest absolute Gasteiger partial charge is 0.263 e. The van der Waals surface area contributed by atoms with E-state index in [0.717, 1.165) is 5.56 Å². The van der Waals surface area contributed by atoms with Crippen molar-refractivity contribution in [2.45, 2.75) is 0 Å². The van der Waals surface area contributed by atoms with Gasteiger partial charge < -0.3 is 14.7 Å². The number of carbonyl (C=O) groups is 1. The number of aromatic nitrogens is 5. The van der Waals surface area contributed by atoms with Gasteiger partial charge in [0.15, 0.2) is 17.4 Å². The number of hydrogen-bond acceptors (Lipinski definition) is 8. The van der Waals surface area contributed by atoms with Crippen LogP contribution in [0.5, 0.6) is 0 Å². The van der Waals surface area contributed by atoms with Crippen molar-refractivity contribution < 1.29 is 9.21 Å². The molecule has 142 valence electrons. The maximum atomic E-state index is 12.9. The SMILES string of the molecule is Cn1c(C(=O)c2ccco2)nc(-c2ccccc2)c1-c1nc2c(N)ncnc2s1. The van der Waals surface area contributed by atoms with Crippen molar-refractivity contribution in [3.63, 3.8) is 0 Å². The monoisotopic (exact) mass is 402 g/mol. The molecule has 0 amide bonds. The molecule has 0 radical (unpaired) electrons. The van der Waals surface area contributed by atoms with E-state index in [-0.39, 0.29) is 17.4 Å². The van der Waals surface area contributed by atoms with Gasteiger partial charge in [-0.25, -0.2) is 19.9 Å². The van der Waals surface area contributed by atoms with E-state index >= 15 is 0 Å². The first-order valence-electron chi connectivity index (χ1n) is 8.71. The molecule has 4 aromatic heterocycles. The molecule has 8 nitrogen and oxygen atoms in total. The molecular formula is C20H14N6O2S. The number of nitrogens with zero attached hydrogens (tertiary/aromatic N) is 5. The fraction of sp³-hybridized carbons (Fsp3) is 0.0500. The Bertz CT molecular complexity index is 1340. The third-order valence-electron chi connectivity index (χ3n) is 4.52. The van der Waals surface area contributed by atoms with Crippen molar-refractivity contribution in [2.24, 2.45) is 7.05 Å². The van der Waals surface area contributed by atoms with Crippen molar-refractivity contribution in [1.29, 1.82) is 0 Å². The predicted molar refractivity (Wildman–Crippen MR) is 109 cm³/mol. The number of anilines is 1. The van der Waals surface area contributed by atoms with Crippen LogP contribution in [0.15, 0.2) is 59.5 Å². The Balaban J connectivity index is 1.76. The second kappa shape index (κ2) is 6.64. The summed E-state index contributed by atoms with van der Waals surface area (Å²) < 4.78 is 7.01. The van der Waals surface area contributed by atoms with Crippen molar-refractivity contribution in [3.8, 4) is 22.0 Å². The van der Waals surface area contributed by atoms with E-state index < -0.39 is 0 Å². The molecule has 0 fully saturated rings. The summed E-state index contributed by atoms with van der Waals surface area (Å²) in [5.41, 5.74) is 8.71. The van der Waals surface area contributed by atoms with Gasteiger partial charge in [-0.05, 0) is 12.1 Å². The molecule has 0 saturated heterocycles. The van der Waals surface area contributed by atoms with E-state index in [9.17, 15) is 4.79 Å². The molecule has 2 N–H and O–H groups in total. The summed E-state index contributed by atoms with van der Waals surface area (Å²) in [7, 11) is 1.78. The van der Waals surface area contributed by atoms with Crippen LogP contribution in [0.4, 0.5) is 5.82 Å². The minimum Gasteiger partial charge on any atom is -0.461 e. The largest absolute Gasteiger partial charge is 0.461 e. The summed E-state index contributed by atoms with van der Waals surface area (Å²) in [6.07, 6.45) is 2.87. The van der Waals surface area contributed by atoms with E-state index in [2.05, 4.69) is 19.9 Å². The van der Waals surface area contributed by atoms with Gasteiger partial charge in [0, 0.05) is 12.6 Å². The van der Waals surface area contributed by atoms with Crippen LogP contribution < -0.4 is 5.73 Å². The Hall–Kier alpha value is -3.85. The van der Waals surface area contributed by atoms with Crippen LogP contribution in [0.25, 0.3) is 32.3 Å². The van der Waals surface area contributed by atoms with Gasteiger partial charge in [0.1, 0.15) is 27.4 Å². The third kappa shape index (κ3) is 2.79. The topological polar surface area (TPSA) is 113 Å². The highest BCUT2D eigenvalue weighted by atomic mass is 32.1. The van der Waals surface area contributed by atoms with Crippen molar-refractivity contribution >= 4 is 33.3 Å². The lowest BCUT2D eigenvalue weighted by Gasteiger charge is -2.04. The van der Waals surface area contributed by atoms with Crippen molar-refractivity contribution in [1.82, 2.24) is 24.5 Å². The van der Waals surface area contributed by atoms with Crippen LogP contribution >= 0.6 is 11.3 Å². The minimum absolute atomic E-state index is 0.226. The Labute approximate surface area is 168 Å². The molecule has 5 rings (SSSR count).